The highest BCUT2D eigenvalue weighted by Crippen LogP contribution is 2.31. The summed E-state index contributed by atoms with van der Waals surface area (Å²) in [6, 6.07) is 4.33. The lowest BCUT2D eigenvalue weighted by Crippen LogP contribution is -2.12. The Labute approximate surface area is 93.0 Å². The predicted octanol–water partition coefficient (Wildman–Crippen LogP) is 3.91. The maximum atomic E-state index is 6.03. The first-order valence-electron chi connectivity index (χ1n) is 5.30. The molecule has 82 valence electrons. The van der Waals surface area contributed by atoms with Gasteiger partial charge in [-0.25, -0.2) is 0 Å². The Morgan fingerprint density at radius 1 is 1.27 bits per heavy atom. The molecule has 2 N–H and O–H groups in total. The summed E-state index contributed by atoms with van der Waals surface area (Å²) in [4.78, 5) is 0. The number of benzene rings is 1. The van der Waals surface area contributed by atoms with Gasteiger partial charge in [-0.1, -0.05) is 33.4 Å². The maximum Gasteiger partial charge on any atom is 0.0420 e. The van der Waals surface area contributed by atoms with E-state index in [0.29, 0.717) is 0 Å². The van der Waals surface area contributed by atoms with Gasteiger partial charge in [0.2, 0.25) is 0 Å². The van der Waals surface area contributed by atoms with Gasteiger partial charge in [0, 0.05) is 11.3 Å². The van der Waals surface area contributed by atoms with Crippen molar-refractivity contribution in [1.82, 2.24) is 0 Å². The van der Waals surface area contributed by atoms with Crippen LogP contribution in [0.3, 0.4) is 0 Å². The molecule has 1 aromatic rings. The van der Waals surface area contributed by atoms with E-state index in [1.807, 2.05) is 6.92 Å². The Kier molecular flexibility index (Phi) is 2.94. The predicted molar refractivity (Wildman–Crippen MR) is 69.0 cm³/mol. The van der Waals surface area contributed by atoms with Crippen LogP contribution in [-0.2, 0) is 5.41 Å². The molecule has 0 fully saturated rings. The van der Waals surface area contributed by atoms with Crippen LogP contribution in [0.5, 0.6) is 0 Å². The van der Waals surface area contributed by atoms with Crippen molar-refractivity contribution in [2.24, 2.45) is 0 Å². The van der Waals surface area contributed by atoms with Crippen LogP contribution in [-0.4, -0.2) is 0 Å². The first kappa shape index (κ1) is 11.8. The van der Waals surface area contributed by atoms with Gasteiger partial charge in [0.05, 0.1) is 0 Å². The molecule has 0 saturated carbocycles. The zero-order chi connectivity index (χ0) is 11.8. The molecule has 1 heteroatoms. The van der Waals surface area contributed by atoms with E-state index >= 15 is 0 Å². The fraction of sp³-hybridized carbons (Fsp3) is 0.429. The van der Waals surface area contributed by atoms with Gasteiger partial charge in [0.15, 0.2) is 0 Å². The molecule has 0 aliphatic heterocycles. The van der Waals surface area contributed by atoms with Gasteiger partial charge in [-0.05, 0) is 42.0 Å². The third-order valence-corrected chi connectivity index (χ3v) is 2.71. The van der Waals surface area contributed by atoms with Gasteiger partial charge < -0.3 is 5.73 Å². The van der Waals surface area contributed by atoms with Crippen LogP contribution >= 0.6 is 0 Å². The van der Waals surface area contributed by atoms with Crippen LogP contribution in [0.15, 0.2) is 18.7 Å². The summed E-state index contributed by atoms with van der Waals surface area (Å²) in [5, 5.41) is 0. The van der Waals surface area contributed by atoms with Crippen LogP contribution in [0.4, 0.5) is 5.69 Å². The normalized spacial score (nSPS) is 11.5. The van der Waals surface area contributed by atoms with E-state index in [0.717, 1.165) is 22.4 Å². The minimum absolute atomic E-state index is 0.155. The Morgan fingerprint density at radius 2 is 1.80 bits per heavy atom. The van der Waals surface area contributed by atoms with Gasteiger partial charge >= 0.3 is 0 Å². The third kappa shape index (κ3) is 2.41. The molecular weight excluding hydrogens is 182 g/mol. The SMILES string of the molecule is C=C(C)c1cc(C(C)(C)C)cc(C)c1N. The number of anilines is 1. The molecule has 0 heterocycles. The van der Waals surface area contributed by atoms with E-state index < -0.39 is 0 Å². The molecule has 15 heavy (non-hydrogen) atoms. The fourth-order valence-corrected chi connectivity index (χ4v) is 1.58. The van der Waals surface area contributed by atoms with E-state index in [1.165, 1.54) is 5.56 Å². The van der Waals surface area contributed by atoms with Crippen molar-refractivity contribution in [1.29, 1.82) is 0 Å². The summed E-state index contributed by atoms with van der Waals surface area (Å²) in [5.41, 5.74) is 11.6. The molecule has 0 bridgehead atoms. The summed E-state index contributed by atoms with van der Waals surface area (Å²) < 4.78 is 0. The number of rotatable bonds is 1. The first-order chi connectivity index (χ1) is 6.73. The maximum absolute atomic E-state index is 6.03. The second-order valence-electron chi connectivity index (χ2n) is 5.28. The van der Waals surface area contributed by atoms with Crippen molar-refractivity contribution in [2.45, 2.75) is 40.0 Å². The summed E-state index contributed by atoms with van der Waals surface area (Å²) in [6.45, 7) is 14.6. The molecule has 0 radical (unpaired) electrons. The molecule has 0 spiro atoms. The summed E-state index contributed by atoms with van der Waals surface area (Å²) in [5.74, 6) is 0. The number of hydrogen-bond acceptors (Lipinski definition) is 1. The topological polar surface area (TPSA) is 26.0 Å². The summed E-state index contributed by atoms with van der Waals surface area (Å²) >= 11 is 0. The molecule has 0 saturated heterocycles. The zero-order valence-corrected chi connectivity index (χ0v) is 10.4. The zero-order valence-electron chi connectivity index (χ0n) is 10.4. The quantitative estimate of drug-likeness (QED) is 0.688. The van der Waals surface area contributed by atoms with E-state index in [-0.39, 0.29) is 5.41 Å². The van der Waals surface area contributed by atoms with E-state index in [1.54, 1.807) is 0 Å². The molecule has 1 rings (SSSR count). The van der Waals surface area contributed by atoms with Crippen molar-refractivity contribution >= 4 is 11.3 Å². The van der Waals surface area contributed by atoms with Crippen LogP contribution < -0.4 is 5.73 Å². The molecule has 0 aromatic heterocycles. The number of aryl methyl sites for hydroxylation is 1. The van der Waals surface area contributed by atoms with Crippen LogP contribution in [0, 0.1) is 6.92 Å². The lowest BCUT2D eigenvalue weighted by Gasteiger charge is -2.22. The van der Waals surface area contributed by atoms with Crippen molar-refractivity contribution in [2.75, 3.05) is 5.73 Å². The largest absolute Gasteiger partial charge is 0.398 e. The number of allylic oxidation sites excluding steroid dienone is 1. The Morgan fingerprint density at radius 3 is 2.20 bits per heavy atom. The second-order valence-corrected chi connectivity index (χ2v) is 5.28. The minimum atomic E-state index is 0.155. The van der Waals surface area contributed by atoms with Crippen molar-refractivity contribution in [3.05, 3.63) is 35.4 Å². The van der Waals surface area contributed by atoms with Gasteiger partial charge in [-0.2, -0.15) is 0 Å². The molecule has 0 atom stereocenters. The minimum Gasteiger partial charge on any atom is -0.398 e. The molecule has 1 nitrogen and oxygen atoms in total. The lowest BCUT2D eigenvalue weighted by molar-refractivity contribution is 0.589. The second kappa shape index (κ2) is 3.73. The van der Waals surface area contributed by atoms with E-state index in [2.05, 4.69) is 46.4 Å². The van der Waals surface area contributed by atoms with Crippen molar-refractivity contribution in [3.63, 3.8) is 0 Å². The standard InChI is InChI=1S/C14H21N/c1-9(2)12-8-11(14(4,5)6)7-10(3)13(12)15/h7-8H,1,15H2,2-6H3. The Hall–Kier alpha value is -1.24. The third-order valence-electron chi connectivity index (χ3n) is 2.71. The monoisotopic (exact) mass is 203 g/mol. The lowest BCUT2D eigenvalue weighted by atomic mass is 9.84. The smallest absolute Gasteiger partial charge is 0.0420 e. The average molecular weight is 203 g/mol. The molecular formula is C14H21N. The van der Waals surface area contributed by atoms with Crippen molar-refractivity contribution < 1.29 is 0 Å². The molecule has 0 amide bonds. The van der Waals surface area contributed by atoms with Gasteiger partial charge in [-0.15, -0.1) is 0 Å². The Balaban J connectivity index is 3.43. The van der Waals surface area contributed by atoms with Gasteiger partial charge in [-0.3, -0.25) is 0 Å². The molecule has 1 aromatic carbocycles. The summed E-state index contributed by atoms with van der Waals surface area (Å²) in [6.07, 6.45) is 0. The molecule has 0 aliphatic carbocycles. The van der Waals surface area contributed by atoms with Gasteiger partial charge in [0.25, 0.3) is 0 Å². The molecule has 0 aliphatic rings. The number of hydrogen-bond donors (Lipinski definition) is 1. The first-order valence-corrected chi connectivity index (χ1v) is 5.30. The highest BCUT2D eigenvalue weighted by Gasteiger charge is 2.16. The fourth-order valence-electron chi connectivity index (χ4n) is 1.58. The van der Waals surface area contributed by atoms with Crippen molar-refractivity contribution in [3.8, 4) is 0 Å². The molecule has 0 unspecified atom stereocenters. The Bertz CT molecular complexity index is 395. The van der Waals surface area contributed by atoms with Crippen LogP contribution in [0.25, 0.3) is 5.57 Å². The summed E-state index contributed by atoms with van der Waals surface area (Å²) in [7, 11) is 0. The van der Waals surface area contributed by atoms with E-state index in [4.69, 9.17) is 5.73 Å². The highest BCUT2D eigenvalue weighted by molar-refractivity contribution is 5.75. The number of nitrogen functional groups attached to an aromatic ring is 1. The van der Waals surface area contributed by atoms with Crippen LogP contribution in [0.1, 0.15) is 44.4 Å². The average Bonchev–Trinajstić information content (AvgIpc) is 2.06. The highest BCUT2D eigenvalue weighted by atomic mass is 14.6. The van der Waals surface area contributed by atoms with Gasteiger partial charge in [0.1, 0.15) is 0 Å². The van der Waals surface area contributed by atoms with E-state index in [9.17, 15) is 0 Å². The number of nitrogens with two attached hydrogens (primary N) is 1. The van der Waals surface area contributed by atoms with Crippen LogP contribution in [0.2, 0.25) is 0 Å².